The van der Waals surface area contributed by atoms with Crippen molar-refractivity contribution in [2.24, 2.45) is 17.3 Å². The topological polar surface area (TPSA) is 55.8 Å². The molecule has 4 nitrogen and oxygen atoms in total. The molecule has 4 bridgehead atoms. The fourth-order valence-corrected chi connectivity index (χ4v) is 6.45. The van der Waals surface area contributed by atoms with Gasteiger partial charge in [0.25, 0.3) is 0 Å². The third-order valence-electron chi connectivity index (χ3n) is 7.36. The summed E-state index contributed by atoms with van der Waals surface area (Å²) in [6.07, 6.45) is 1.60. The molecule has 3 saturated heterocycles. The number of carbonyl (C=O) groups excluding carboxylic acids is 1. The number of carbonyl (C=O) groups is 1. The van der Waals surface area contributed by atoms with Crippen molar-refractivity contribution < 1.29 is 19.4 Å². The summed E-state index contributed by atoms with van der Waals surface area (Å²) in [5.74, 6) is 1.07. The molecular weight excluding hydrogens is 280 g/mol. The number of phenolic OH excluding ortho intramolecular Hbond substituents is 1. The lowest BCUT2D eigenvalue weighted by Gasteiger charge is -2.57. The smallest absolute Gasteiger partial charge is 0.313 e. The van der Waals surface area contributed by atoms with E-state index in [0.717, 1.165) is 24.0 Å². The zero-order valence-corrected chi connectivity index (χ0v) is 12.6. The fourth-order valence-electron chi connectivity index (χ4n) is 6.45. The van der Waals surface area contributed by atoms with E-state index in [4.69, 9.17) is 9.47 Å². The van der Waals surface area contributed by atoms with Crippen molar-refractivity contribution in [3.63, 3.8) is 0 Å². The molecule has 0 aromatic heterocycles. The molecule has 4 fully saturated rings. The van der Waals surface area contributed by atoms with Gasteiger partial charge in [-0.2, -0.15) is 0 Å². The molecular formula is C18H18O4. The van der Waals surface area contributed by atoms with Crippen molar-refractivity contribution in [1.82, 2.24) is 0 Å². The van der Waals surface area contributed by atoms with Gasteiger partial charge >= 0.3 is 5.97 Å². The second-order valence-electron chi connectivity index (χ2n) is 7.78. The highest BCUT2D eigenvalue weighted by molar-refractivity contribution is 5.84. The molecule has 7 atom stereocenters. The predicted octanol–water partition coefficient (Wildman–Crippen LogP) is 2.36. The molecule has 7 rings (SSSR count). The van der Waals surface area contributed by atoms with Crippen LogP contribution in [0.15, 0.2) is 6.07 Å². The summed E-state index contributed by atoms with van der Waals surface area (Å²) in [7, 11) is 0. The van der Waals surface area contributed by atoms with Crippen LogP contribution in [0.1, 0.15) is 47.6 Å². The molecule has 1 aromatic rings. The quantitative estimate of drug-likeness (QED) is 0.747. The maximum absolute atomic E-state index is 12.8. The lowest BCUT2D eigenvalue weighted by Crippen LogP contribution is -2.64. The molecule has 0 amide bonds. The predicted molar refractivity (Wildman–Crippen MR) is 76.5 cm³/mol. The monoisotopic (exact) mass is 298 g/mol. The zero-order valence-electron chi connectivity index (χ0n) is 12.6. The molecule has 1 spiro atoms. The number of hydrogen-bond donors (Lipinski definition) is 1. The number of benzene rings is 1. The van der Waals surface area contributed by atoms with Gasteiger partial charge in [-0.05, 0) is 48.1 Å². The molecule has 114 valence electrons. The van der Waals surface area contributed by atoms with Crippen LogP contribution in [0.3, 0.4) is 0 Å². The first-order valence-corrected chi connectivity index (χ1v) is 8.27. The Kier molecular flexibility index (Phi) is 1.74. The van der Waals surface area contributed by atoms with E-state index in [-0.39, 0.29) is 42.0 Å². The van der Waals surface area contributed by atoms with Gasteiger partial charge in [0.15, 0.2) is 0 Å². The Morgan fingerprint density at radius 2 is 2.14 bits per heavy atom. The number of aryl methyl sites for hydroxylation is 1. The van der Waals surface area contributed by atoms with Crippen LogP contribution < -0.4 is 0 Å². The van der Waals surface area contributed by atoms with E-state index in [1.165, 1.54) is 11.1 Å². The average molecular weight is 298 g/mol. The van der Waals surface area contributed by atoms with Crippen molar-refractivity contribution in [3.05, 3.63) is 28.3 Å². The minimum absolute atomic E-state index is 0.00336. The van der Waals surface area contributed by atoms with Crippen LogP contribution in [0, 0.1) is 24.2 Å². The third kappa shape index (κ3) is 0.913. The molecule has 1 saturated carbocycles. The van der Waals surface area contributed by atoms with E-state index < -0.39 is 5.41 Å². The number of hydrogen-bond acceptors (Lipinski definition) is 4. The van der Waals surface area contributed by atoms with Gasteiger partial charge in [0.1, 0.15) is 11.9 Å². The Morgan fingerprint density at radius 1 is 1.32 bits per heavy atom. The van der Waals surface area contributed by atoms with Gasteiger partial charge in [0.2, 0.25) is 0 Å². The van der Waals surface area contributed by atoms with Crippen LogP contribution >= 0.6 is 0 Å². The Balaban J connectivity index is 1.75. The molecule has 1 N–H and O–H groups in total. The van der Waals surface area contributed by atoms with E-state index in [9.17, 15) is 9.90 Å². The zero-order chi connectivity index (χ0) is 15.0. The fraction of sp³-hybridized carbons (Fsp3) is 0.611. The van der Waals surface area contributed by atoms with Crippen molar-refractivity contribution in [1.29, 1.82) is 0 Å². The van der Waals surface area contributed by atoms with Gasteiger partial charge in [-0.15, -0.1) is 0 Å². The lowest BCUT2D eigenvalue weighted by molar-refractivity contribution is -0.215. The van der Waals surface area contributed by atoms with Crippen LogP contribution in [0.5, 0.6) is 5.75 Å². The van der Waals surface area contributed by atoms with E-state index in [0.29, 0.717) is 5.75 Å². The second kappa shape index (κ2) is 3.21. The van der Waals surface area contributed by atoms with Crippen LogP contribution in [0.4, 0.5) is 0 Å². The summed E-state index contributed by atoms with van der Waals surface area (Å²) in [6.45, 7) is 4.14. The van der Waals surface area contributed by atoms with Crippen LogP contribution in [0.2, 0.25) is 0 Å². The third-order valence-corrected chi connectivity index (χ3v) is 7.36. The van der Waals surface area contributed by atoms with Gasteiger partial charge < -0.3 is 14.6 Å². The summed E-state index contributed by atoms with van der Waals surface area (Å²) in [4.78, 5) is 12.8. The van der Waals surface area contributed by atoms with Gasteiger partial charge in [-0.3, -0.25) is 4.79 Å². The highest BCUT2D eigenvalue weighted by Crippen LogP contribution is 2.74. The first-order valence-electron chi connectivity index (χ1n) is 8.27. The van der Waals surface area contributed by atoms with Crippen LogP contribution in [-0.2, 0) is 20.7 Å². The number of ether oxygens (including phenoxy) is 2. The lowest BCUT2D eigenvalue weighted by atomic mass is 9.49. The molecule has 3 aliphatic heterocycles. The van der Waals surface area contributed by atoms with Crippen molar-refractivity contribution >= 4 is 5.97 Å². The number of fused-ring (bicyclic) bond motifs is 2. The summed E-state index contributed by atoms with van der Waals surface area (Å²) < 4.78 is 12.2. The molecule has 1 aromatic carbocycles. The minimum Gasteiger partial charge on any atom is -0.508 e. The van der Waals surface area contributed by atoms with Gasteiger partial charge in [0.05, 0.1) is 17.6 Å². The second-order valence-corrected chi connectivity index (χ2v) is 7.78. The Hall–Kier alpha value is -1.55. The van der Waals surface area contributed by atoms with Crippen molar-refractivity contribution in [2.45, 2.75) is 50.9 Å². The largest absolute Gasteiger partial charge is 0.508 e. The van der Waals surface area contributed by atoms with Gasteiger partial charge in [-0.25, -0.2) is 0 Å². The number of rotatable bonds is 0. The summed E-state index contributed by atoms with van der Waals surface area (Å²) >= 11 is 0. The van der Waals surface area contributed by atoms with Crippen molar-refractivity contribution in [2.75, 3.05) is 0 Å². The van der Waals surface area contributed by atoms with Gasteiger partial charge in [0, 0.05) is 17.8 Å². The molecule has 3 aliphatic carbocycles. The Labute approximate surface area is 128 Å². The van der Waals surface area contributed by atoms with Crippen molar-refractivity contribution in [3.8, 4) is 5.75 Å². The summed E-state index contributed by atoms with van der Waals surface area (Å²) in [6, 6.07) is 1.91. The highest BCUT2D eigenvalue weighted by atomic mass is 16.6. The Morgan fingerprint density at radius 3 is 2.95 bits per heavy atom. The standard InChI is InChI=1S/C18H18O4/c1-6-9(19)5-8-3-4-18-7(2)14-16(22-17(18)20)12-13(18)11(8)10(6)15(12)21-14/h5,7,12-16,19H,3-4H2,1-2H3/t7?,12?,13?,14-,15+,16-,18?/m0/s1. The normalized spacial score (nSPS) is 48.7. The number of esters is 1. The summed E-state index contributed by atoms with van der Waals surface area (Å²) in [5.41, 5.74) is 4.21. The first kappa shape index (κ1) is 11.9. The van der Waals surface area contributed by atoms with E-state index in [1.807, 2.05) is 13.0 Å². The van der Waals surface area contributed by atoms with Crippen LogP contribution in [-0.4, -0.2) is 23.3 Å². The van der Waals surface area contributed by atoms with E-state index >= 15 is 0 Å². The van der Waals surface area contributed by atoms with Crippen LogP contribution in [0.25, 0.3) is 0 Å². The minimum atomic E-state index is -0.402. The number of phenols is 1. The van der Waals surface area contributed by atoms with E-state index in [2.05, 4.69) is 6.92 Å². The first-order chi connectivity index (χ1) is 10.6. The molecule has 6 aliphatic rings. The maximum Gasteiger partial charge on any atom is 0.313 e. The SMILES string of the molecule is Cc1c(O)cc2c3c1[C@H]1O[C@H]4C(C)C5(CC2)C(=O)O[C@H]4C1C35. The maximum atomic E-state index is 12.8. The molecule has 22 heavy (non-hydrogen) atoms. The summed E-state index contributed by atoms with van der Waals surface area (Å²) in [5, 5.41) is 10.3. The molecule has 4 unspecified atom stereocenters. The van der Waals surface area contributed by atoms with Gasteiger partial charge in [-0.1, -0.05) is 6.92 Å². The highest BCUT2D eigenvalue weighted by Gasteiger charge is 2.76. The molecule has 3 heterocycles. The molecule has 0 radical (unpaired) electrons. The Bertz CT molecular complexity index is 769. The number of aromatic hydroxyl groups is 1. The average Bonchev–Trinajstić information content (AvgIpc) is 2.99. The van der Waals surface area contributed by atoms with E-state index in [1.54, 1.807) is 0 Å². The molecule has 4 heteroatoms.